The number of rotatable bonds is 2. The zero-order chi connectivity index (χ0) is 15.1. The average molecular weight is 365 g/mol. The molecule has 0 spiro atoms. The van der Waals surface area contributed by atoms with E-state index in [0.29, 0.717) is 5.92 Å². The summed E-state index contributed by atoms with van der Waals surface area (Å²) in [5.74, 6) is 0.556. The second-order valence-electron chi connectivity index (χ2n) is 6.66. The highest BCUT2D eigenvalue weighted by Crippen LogP contribution is 2.34. The van der Waals surface area contributed by atoms with Crippen LogP contribution >= 0.6 is 15.9 Å². The molecule has 5 rings (SSSR count). The zero-order valence-corrected chi connectivity index (χ0v) is 14.1. The standard InChI is InChI=1S/C17H21BrN2O2/c18-13-3-1-11-2-4-15(14(11)9-13)19-17(21)22-16-10-20-7-5-12(16)6-8-20/h1,3,9,12,15-16H,2,4-8,10H2,(H,19,21)/t15?,16-/m0/s1. The van der Waals surface area contributed by atoms with Gasteiger partial charge in [-0.25, -0.2) is 4.79 Å². The van der Waals surface area contributed by atoms with Crippen LogP contribution in [-0.4, -0.2) is 36.7 Å². The minimum atomic E-state index is -0.253. The summed E-state index contributed by atoms with van der Waals surface area (Å²) in [4.78, 5) is 14.7. The summed E-state index contributed by atoms with van der Waals surface area (Å²) in [5.41, 5.74) is 2.55. The highest BCUT2D eigenvalue weighted by Gasteiger charge is 2.37. The molecular weight excluding hydrogens is 344 g/mol. The van der Waals surface area contributed by atoms with E-state index in [1.807, 2.05) is 0 Å². The van der Waals surface area contributed by atoms with Crippen molar-refractivity contribution in [2.45, 2.75) is 37.8 Å². The summed E-state index contributed by atoms with van der Waals surface area (Å²) in [6, 6.07) is 6.40. The van der Waals surface area contributed by atoms with Crippen molar-refractivity contribution in [1.82, 2.24) is 10.2 Å². The SMILES string of the molecule is O=C(NC1CCc2ccc(Br)cc21)O[C@H]1CN2CCC1CC2. The second-order valence-corrected chi connectivity index (χ2v) is 7.58. The van der Waals surface area contributed by atoms with E-state index >= 15 is 0 Å². The fraction of sp³-hybridized carbons (Fsp3) is 0.588. The van der Waals surface area contributed by atoms with Gasteiger partial charge in [-0.2, -0.15) is 0 Å². The van der Waals surface area contributed by atoms with Crippen molar-refractivity contribution in [2.75, 3.05) is 19.6 Å². The van der Waals surface area contributed by atoms with Gasteiger partial charge in [0.25, 0.3) is 0 Å². The van der Waals surface area contributed by atoms with Gasteiger partial charge in [-0.05, 0) is 68.0 Å². The van der Waals surface area contributed by atoms with Crippen LogP contribution in [0, 0.1) is 5.92 Å². The van der Waals surface area contributed by atoms with E-state index in [9.17, 15) is 4.79 Å². The van der Waals surface area contributed by atoms with Crippen LogP contribution in [0.3, 0.4) is 0 Å². The van der Waals surface area contributed by atoms with Crippen LogP contribution in [0.5, 0.6) is 0 Å². The summed E-state index contributed by atoms with van der Waals surface area (Å²) in [6.45, 7) is 3.23. The summed E-state index contributed by atoms with van der Waals surface area (Å²) >= 11 is 3.51. The number of fused-ring (bicyclic) bond motifs is 4. The Morgan fingerprint density at radius 3 is 2.82 bits per heavy atom. The molecule has 3 fully saturated rings. The van der Waals surface area contributed by atoms with Crippen molar-refractivity contribution in [1.29, 1.82) is 0 Å². The van der Waals surface area contributed by atoms with Crippen LogP contribution in [-0.2, 0) is 11.2 Å². The Morgan fingerprint density at radius 2 is 2.09 bits per heavy atom. The molecular formula is C17H21BrN2O2. The monoisotopic (exact) mass is 364 g/mol. The van der Waals surface area contributed by atoms with E-state index in [2.05, 4.69) is 44.3 Å². The number of hydrogen-bond donors (Lipinski definition) is 1. The molecule has 1 aliphatic carbocycles. The van der Waals surface area contributed by atoms with Crippen molar-refractivity contribution < 1.29 is 9.53 Å². The molecule has 3 aliphatic heterocycles. The van der Waals surface area contributed by atoms with E-state index < -0.39 is 0 Å². The van der Waals surface area contributed by atoms with Gasteiger partial charge in [0.1, 0.15) is 6.10 Å². The van der Waals surface area contributed by atoms with Crippen molar-refractivity contribution in [3.8, 4) is 0 Å². The van der Waals surface area contributed by atoms with E-state index in [1.54, 1.807) is 0 Å². The van der Waals surface area contributed by atoms with Crippen LogP contribution in [0.2, 0.25) is 0 Å². The fourth-order valence-corrected chi connectivity index (χ4v) is 4.46. The average Bonchev–Trinajstić information content (AvgIpc) is 2.90. The zero-order valence-electron chi connectivity index (χ0n) is 12.6. The summed E-state index contributed by atoms with van der Waals surface area (Å²) in [5, 5.41) is 3.07. The maximum Gasteiger partial charge on any atom is 0.407 e. The van der Waals surface area contributed by atoms with Crippen LogP contribution in [0.25, 0.3) is 0 Å². The molecule has 5 heteroatoms. The topological polar surface area (TPSA) is 41.6 Å². The second kappa shape index (κ2) is 5.85. The number of carbonyl (C=O) groups excluding carboxylic acids is 1. The van der Waals surface area contributed by atoms with Gasteiger partial charge < -0.3 is 10.1 Å². The molecule has 22 heavy (non-hydrogen) atoms. The van der Waals surface area contributed by atoms with Crippen molar-refractivity contribution in [3.63, 3.8) is 0 Å². The number of aryl methyl sites for hydroxylation is 1. The van der Waals surface area contributed by atoms with Gasteiger partial charge in [0, 0.05) is 11.0 Å². The number of halogens is 1. The van der Waals surface area contributed by atoms with Gasteiger partial charge >= 0.3 is 6.09 Å². The third-order valence-electron chi connectivity index (χ3n) is 5.33. The number of hydrogen-bond acceptors (Lipinski definition) is 3. The maximum atomic E-state index is 12.3. The molecule has 0 saturated carbocycles. The number of nitrogens with zero attached hydrogens (tertiary/aromatic N) is 1. The molecule has 1 aromatic carbocycles. The lowest BCUT2D eigenvalue weighted by atomic mass is 9.86. The van der Waals surface area contributed by atoms with Crippen LogP contribution in [0.15, 0.2) is 22.7 Å². The quantitative estimate of drug-likeness (QED) is 0.875. The summed E-state index contributed by atoms with van der Waals surface area (Å²) in [6.07, 6.45) is 4.13. The highest BCUT2D eigenvalue weighted by atomic mass is 79.9. The minimum absolute atomic E-state index is 0.0749. The number of carbonyl (C=O) groups is 1. The maximum absolute atomic E-state index is 12.3. The van der Waals surface area contributed by atoms with Gasteiger partial charge in [-0.3, -0.25) is 4.90 Å². The van der Waals surface area contributed by atoms with Gasteiger partial charge in [0.05, 0.1) is 6.04 Å². The van der Waals surface area contributed by atoms with Crippen molar-refractivity contribution in [2.24, 2.45) is 5.92 Å². The first kappa shape index (κ1) is 14.5. The first-order valence-corrected chi connectivity index (χ1v) is 8.96. The van der Waals surface area contributed by atoms with Crippen LogP contribution < -0.4 is 5.32 Å². The number of benzene rings is 1. The van der Waals surface area contributed by atoms with E-state index in [0.717, 1.165) is 49.8 Å². The third kappa shape index (κ3) is 2.76. The third-order valence-corrected chi connectivity index (χ3v) is 5.83. The molecule has 3 saturated heterocycles. The smallest absolute Gasteiger partial charge is 0.407 e. The van der Waals surface area contributed by atoms with E-state index in [1.165, 1.54) is 11.1 Å². The molecule has 2 atom stereocenters. The molecule has 4 aliphatic rings. The normalized spacial score (nSPS) is 32.6. The predicted molar refractivity (Wildman–Crippen MR) is 87.8 cm³/mol. The molecule has 2 bridgehead atoms. The first-order valence-electron chi connectivity index (χ1n) is 8.17. The lowest BCUT2D eigenvalue weighted by Gasteiger charge is -2.43. The number of nitrogens with one attached hydrogen (secondary N) is 1. The predicted octanol–water partition coefficient (Wildman–Crippen LogP) is 3.26. The number of piperidine rings is 3. The molecule has 0 radical (unpaired) electrons. The van der Waals surface area contributed by atoms with Crippen molar-refractivity contribution in [3.05, 3.63) is 33.8 Å². The van der Waals surface area contributed by atoms with Crippen LogP contribution in [0.4, 0.5) is 4.79 Å². The van der Waals surface area contributed by atoms with E-state index in [-0.39, 0.29) is 18.2 Å². The van der Waals surface area contributed by atoms with Gasteiger partial charge in [0.15, 0.2) is 0 Å². The van der Waals surface area contributed by atoms with Gasteiger partial charge in [0.2, 0.25) is 0 Å². The lowest BCUT2D eigenvalue weighted by molar-refractivity contribution is -0.0339. The van der Waals surface area contributed by atoms with Gasteiger partial charge in [-0.1, -0.05) is 22.0 Å². The Morgan fingerprint density at radius 1 is 1.27 bits per heavy atom. The summed E-state index contributed by atoms with van der Waals surface area (Å²) in [7, 11) is 0. The Labute approximate surface area is 139 Å². The molecule has 1 aromatic rings. The molecule has 1 N–H and O–H groups in total. The Balaban J connectivity index is 1.38. The Bertz CT molecular complexity index is 584. The van der Waals surface area contributed by atoms with Crippen molar-refractivity contribution >= 4 is 22.0 Å². The molecule has 1 unspecified atom stereocenters. The van der Waals surface area contributed by atoms with Crippen LogP contribution in [0.1, 0.15) is 36.4 Å². The molecule has 3 heterocycles. The number of amides is 1. The Hall–Kier alpha value is -1.07. The highest BCUT2D eigenvalue weighted by molar-refractivity contribution is 9.10. The number of ether oxygens (including phenoxy) is 1. The molecule has 118 valence electrons. The first-order chi connectivity index (χ1) is 10.7. The molecule has 0 aromatic heterocycles. The number of alkyl carbamates (subject to hydrolysis) is 1. The lowest BCUT2D eigenvalue weighted by Crippen LogP contribution is -2.52. The van der Waals surface area contributed by atoms with Gasteiger partial charge in [-0.15, -0.1) is 0 Å². The van der Waals surface area contributed by atoms with E-state index in [4.69, 9.17) is 4.74 Å². The largest absolute Gasteiger partial charge is 0.445 e. The minimum Gasteiger partial charge on any atom is -0.445 e. The molecule has 1 amide bonds. The Kier molecular flexibility index (Phi) is 3.86. The molecule has 4 nitrogen and oxygen atoms in total. The summed E-state index contributed by atoms with van der Waals surface area (Å²) < 4.78 is 6.79. The fourth-order valence-electron chi connectivity index (χ4n) is 4.08.